The number of amides is 2. The van der Waals surface area contributed by atoms with E-state index < -0.39 is 0 Å². The number of hydrogen-bond acceptors (Lipinski definition) is 5. The van der Waals surface area contributed by atoms with E-state index in [1.54, 1.807) is 0 Å². The van der Waals surface area contributed by atoms with Crippen LogP contribution in [0.2, 0.25) is 0 Å². The Morgan fingerprint density at radius 2 is 1.48 bits per heavy atom. The van der Waals surface area contributed by atoms with Crippen molar-refractivity contribution in [2.24, 2.45) is 5.92 Å². The molecule has 0 N–H and O–H groups in total. The van der Waals surface area contributed by atoms with Crippen molar-refractivity contribution in [3.63, 3.8) is 0 Å². The number of likely N-dealkylation sites (N-methyl/N-ethyl adjacent to an activating group) is 1. The lowest BCUT2D eigenvalue weighted by atomic mass is 9.87. The van der Waals surface area contributed by atoms with Crippen LogP contribution in [-0.2, 0) is 14.3 Å². The molecule has 0 aromatic rings. The van der Waals surface area contributed by atoms with Gasteiger partial charge in [0.05, 0.1) is 26.3 Å². The SMILES string of the molecule is CC1CCC(N(C)C(=O)CN2CCN(C(=O)CN3CCOCC3)CC2)CC1. The maximum absolute atomic E-state index is 12.7. The van der Waals surface area contributed by atoms with Crippen LogP contribution in [0.3, 0.4) is 0 Å². The third kappa shape index (κ3) is 5.90. The van der Waals surface area contributed by atoms with Gasteiger partial charge in [-0.25, -0.2) is 0 Å². The Labute approximate surface area is 163 Å². The zero-order valence-corrected chi connectivity index (χ0v) is 17.1. The average Bonchev–Trinajstić information content (AvgIpc) is 2.69. The number of carbonyl (C=O) groups excluding carboxylic acids is 2. The highest BCUT2D eigenvalue weighted by Crippen LogP contribution is 2.26. The first-order valence-corrected chi connectivity index (χ1v) is 10.6. The van der Waals surface area contributed by atoms with Crippen LogP contribution in [0.25, 0.3) is 0 Å². The third-order valence-electron chi connectivity index (χ3n) is 6.47. The van der Waals surface area contributed by atoms with E-state index in [1.165, 1.54) is 12.8 Å². The molecule has 3 aliphatic rings. The molecular formula is C20H36N4O3. The van der Waals surface area contributed by atoms with Gasteiger partial charge in [0.25, 0.3) is 0 Å². The van der Waals surface area contributed by atoms with Gasteiger partial charge in [0, 0.05) is 52.4 Å². The van der Waals surface area contributed by atoms with Crippen molar-refractivity contribution in [1.82, 2.24) is 19.6 Å². The second-order valence-electron chi connectivity index (χ2n) is 8.46. The van der Waals surface area contributed by atoms with E-state index >= 15 is 0 Å². The van der Waals surface area contributed by atoms with Gasteiger partial charge in [0.1, 0.15) is 0 Å². The zero-order chi connectivity index (χ0) is 19.2. The van der Waals surface area contributed by atoms with Crippen LogP contribution in [0.4, 0.5) is 0 Å². The average molecular weight is 381 g/mol. The first kappa shape index (κ1) is 20.6. The number of ether oxygens (including phenoxy) is 1. The second-order valence-corrected chi connectivity index (χ2v) is 8.46. The lowest BCUT2D eigenvalue weighted by Gasteiger charge is -2.38. The molecule has 0 bridgehead atoms. The summed E-state index contributed by atoms with van der Waals surface area (Å²) in [7, 11) is 1.96. The number of morpholine rings is 1. The fraction of sp³-hybridized carbons (Fsp3) is 0.900. The van der Waals surface area contributed by atoms with Crippen molar-refractivity contribution in [1.29, 1.82) is 0 Å². The van der Waals surface area contributed by atoms with Crippen LogP contribution >= 0.6 is 0 Å². The van der Waals surface area contributed by atoms with Gasteiger partial charge in [-0.05, 0) is 31.6 Å². The molecule has 1 aliphatic carbocycles. The van der Waals surface area contributed by atoms with Gasteiger partial charge in [-0.2, -0.15) is 0 Å². The Bertz CT molecular complexity index is 493. The van der Waals surface area contributed by atoms with Crippen LogP contribution < -0.4 is 0 Å². The summed E-state index contributed by atoms with van der Waals surface area (Å²) < 4.78 is 5.34. The highest BCUT2D eigenvalue weighted by molar-refractivity contribution is 5.79. The van der Waals surface area contributed by atoms with Crippen LogP contribution in [0.15, 0.2) is 0 Å². The number of hydrogen-bond donors (Lipinski definition) is 0. The van der Waals surface area contributed by atoms with Crippen LogP contribution in [0, 0.1) is 5.92 Å². The first-order valence-electron chi connectivity index (χ1n) is 10.6. The minimum absolute atomic E-state index is 0.205. The molecule has 0 unspecified atom stereocenters. The molecule has 2 saturated heterocycles. The maximum Gasteiger partial charge on any atom is 0.236 e. The Hall–Kier alpha value is -1.18. The predicted molar refractivity (Wildman–Crippen MR) is 104 cm³/mol. The molecule has 0 spiro atoms. The fourth-order valence-electron chi connectivity index (χ4n) is 4.34. The first-order chi connectivity index (χ1) is 13.0. The molecule has 0 radical (unpaired) electrons. The lowest BCUT2D eigenvalue weighted by molar-refractivity contribution is -0.137. The molecular weight excluding hydrogens is 344 g/mol. The summed E-state index contributed by atoms with van der Waals surface area (Å²) in [4.78, 5) is 33.4. The minimum Gasteiger partial charge on any atom is -0.379 e. The lowest BCUT2D eigenvalue weighted by Crippen LogP contribution is -2.54. The largest absolute Gasteiger partial charge is 0.379 e. The topological polar surface area (TPSA) is 56.3 Å². The summed E-state index contributed by atoms with van der Waals surface area (Å²) in [5.41, 5.74) is 0. The van der Waals surface area contributed by atoms with Gasteiger partial charge >= 0.3 is 0 Å². The smallest absolute Gasteiger partial charge is 0.236 e. The van der Waals surface area contributed by atoms with E-state index in [4.69, 9.17) is 4.74 Å². The molecule has 27 heavy (non-hydrogen) atoms. The minimum atomic E-state index is 0.205. The van der Waals surface area contributed by atoms with E-state index in [-0.39, 0.29) is 11.8 Å². The predicted octanol–water partition coefficient (Wildman–Crippen LogP) is 0.500. The molecule has 154 valence electrons. The highest BCUT2D eigenvalue weighted by atomic mass is 16.5. The van der Waals surface area contributed by atoms with Crippen molar-refractivity contribution < 1.29 is 14.3 Å². The van der Waals surface area contributed by atoms with Gasteiger partial charge < -0.3 is 14.5 Å². The van der Waals surface area contributed by atoms with E-state index in [0.29, 0.717) is 19.1 Å². The van der Waals surface area contributed by atoms with Crippen molar-refractivity contribution in [2.75, 3.05) is 72.6 Å². The van der Waals surface area contributed by atoms with Gasteiger partial charge in [-0.1, -0.05) is 6.92 Å². The molecule has 2 aliphatic heterocycles. The maximum atomic E-state index is 12.7. The van der Waals surface area contributed by atoms with Crippen molar-refractivity contribution >= 4 is 11.8 Å². The van der Waals surface area contributed by atoms with Crippen molar-refractivity contribution in [3.8, 4) is 0 Å². The number of nitrogens with zero attached hydrogens (tertiary/aromatic N) is 4. The Morgan fingerprint density at radius 3 is 2.11 bits per heavy atom. The Kier molecular flexibility index (Phi) is 7.49. The van der Waals surface area contributed by atoms with E-state index in [0.717, 1.165) is 71.2 Å². The summed E-state index contributed by atoms with van der Waals surface area (Å²) in [5.74, 6) is 1.23. The molecule has 2 amide bonds. The quantitative estimate of drug-likeness (QED) is 0.695. The van der Waals surface area contributed by atoms with Crippen LogP contribution in [-0.4, -0.2) is 110 Å². The molecule has 7 nitrogen and oxygen atoms in total. The van der Waals surface area contributed by atoms with E-state index in [9.17, 15) is 9.59 Å². The molecule has 3 fully saturated rings. The molecule has 0 atom stereocenters. The number of piperazine rings is 1. The summed E-state index contributed by atoms with van der Waals surface area (Å²) >= 11 is 0. The monoisotopic (exact) mass is 380 g/mol. The normalized spacial score (nSPS) is 28.1. The van der Waals surface area contributed by atoms with Crippen molar-refractivity contribution in [2.45, 2.75) is 38.6 Å². The van der Waals surface area contributed by atoms with Crippen LogP contribution in [0.1, 0.15) is 32.6 Å². The summed E-state index contributed by atoms with van der Waals surface area (Å²) in [6.45, 7) is 9.41. The summed E-state index contributed by atoms with van der Waals surface area (Å²) in [5, 5.41) is 0. The molecule has 2 heterocycles. The van der Waals surface area contributed by atoms with Gasteiger partial charge in [-0.15, -0.1) is 0 Å². The Morgan fingerprint density at radius 1 is 0.889 bits per heavy atom. The van der Waals surface area contributed by atoms with Crippen molar-refractivity contribution in [3.05, 3.63) is 0 Å². The molecule has 7 heteroatoms. The standard InChI is InChI=1S/C20H36N4O3/c1-17-3-5-18(6-4-17)21(2)19(25)15-22-7-9-24(10-8-22)20(26)16-23-11-13-27-14-12-23/h17-18H,3-16H2,1-2H3. The zero-order valence-electron chi connectivity index (χ0n) is 17.1. The highest BCUT2D eigenvalue weighted by Gasteiger charge is 2.28. The fourth-order valence-corrected chi connectivity index (χ4v) is 4.34. The molecule has 0 aromatic heterocycles. The van der Waals surface area contributed by atoms with Gasteiger partial charge in [0.15, 0.2) is 0 Å². The number of rotatable bonds is 5. The summed E-state index contributed by atoms with van der Waals surface area (Å²) in [6.07, 6.45) is 4.72. The van der Waals surface area contributed by atoms with Gasteiger partial charge in [-0.3, -0.25) is 19.4 Å². The molecule has 3 rings (SSSR count). The number of carbonyl (C=O) groups is 2. The van der Waals surface area contributed by atoms with E-state index in [1.807, 2.05) is 16.8 Å². The van der Waals surface area contributed by atoms with E-state index in [2.05, 4.69) is 16.7 Å². The van der Waals surface area contributed by atoms with Gasteiger partial charge in [0.2, 0.25) is 11.8 Å². The summed E-state index contributed by atoms with van der Waals surface area (Å²) in [6, 6.07) is 0.407. The van der Waals surface area contributed by atoms with Crippen LogP contribution in [0.5, 0.6) is 0 Å². The second kappa shape index (κ2) is 9.85. The molecule has 1 saturated carbocycles. The third-order valence-corrected chi connectivity index (χ3v) is 6.47. The molecule has 0 aromatic carbocycles. The Balaban J connectivity index is 1.37.